The van der Waals surface area contributed by atoms with Crippen LogP contribution in [0.15, 0.2) is 0 Å². The number of aliphatic hydroxyl groups is 1. The van der Waals surface area contributed by atoms with E-state index in [9.17, 15) is 13.2 Å². The van der Waals surface area contributed by atoms with Crippen molar-refractivity contribution in [1.29, 1.82) is 0 Å². The van der Waals surface area contributed by atoms with E-state index in [0.717, 1.165) is 6.26 Å². The molecule has 0 aromatic heterocycles. The molecule has 0 amide bonds. The van der Waals surface area contributed by atoms with Crippen LogP contribution in [0.25, 0.3) is 0 Å². The Morgan fingerprint density at radius 1 is 1.67 bits per heavy atom. The molecule has 0 aromatic rings. The van der Waals surface area contributed by atoms with Crippen LogP contribution in [0.2, 0.25) is 0 Å². The Morgan fingerprint density at radius 3 is 2.58 bits per heavy atom. The smallest absolute Gasteiger partial charge is 0.339 e. The van der Waals surface area contributed by atoms with Crippen molar-refractivity contribution in [3.8, 4) is 0 Å². The van der Waals surface area contributed by atoms with Crippen LogP contribution in [0, 0.1) is 0 Å². The van der Waals surface area contributed by atoms with Gasteiger partial charge in [-0.25, -0.2) is 4.79 Å². The molecular formula is C5H8O6S. The number of hydrogen-bond acceptors (Lipinski definition) is 6. The van der Waals surface area contributed by atoms with Gasteiger partial charge < -0.3 is 9.84 Å². The monoisotopic (exact) mass is 196 g/mol. The van der Waals surface area contributed by atoms with E-state index in [2.05, 4.69) is 8.92 Å². The molecule has 70 valence electrons. The lowest BCUT2D eigenvalue weighted by molar-refractivity contribution is -0.143. The summed E-state index contributed by atoms with van der Waals surface area (Å²) in [6.07, 6.45) is -1.81. The second-order valence-electron chi connectivity index (χ2n) is 2.42. The van der Waals surface area contributed by atoms with E-state index in [1.165, 1.54) is 0 Å². The van der Waals surface area contributed by atoms with Crippen LogP contribution in [0.1, 0.15) is 0 Å². The Labute approximate surface area is 69.2 Å². The third kappa shape index (κ3) is 2.16. The fraction of sp³-hybridized carbons (Fsp3) is 0.800. The molecule has 1 heterocycles. The highest BCUT2D eigenvalue weighted by Gasteiger charge is 2.39. The fourth-order valence-corrected chi connectivity index (χ4v) is 1.37. The molecule has 2 unspecified atom stereocenters. The van der Waals surface area contributed by atoms with E-state index in [1.807, 2.05) is 0 Å². The number of hydrogen-bond donors (Lipinski definition) is 1. The maximum absolute atomic E-state index is 10.7. The van der Waals surface area contributed by atoms with Crippen LogP contribution in [0.5, 0.6) is 0 Å². The Kier molecular flexibility index (Phi) is 2.36. The Hall–Kier alpha value is -0.660. The maximum atomic E-state index is 10.7. The van der Waals surface area contributed by atoms with Crippen molar-refractivity contribution >= 4 is 16.1 Å². The van der Waals surface area contributed by atoms with E-state index in [-0.39, 0.29) is 6.61 Å². The molecule has 1 aliphatic heterocycles. The lowest BCUT2D eigenvalue weighted by Crippen LogP contribution is -2.32. The van der Waals surface area contributed by atoms with Crippen molar-refractivity contribution in [3.63, 3.8) is 0 Å². The largest absolute Gasteiger partial charge is 0.461 e. The van der Waals surface area contributed by atoms with Gasteiger partial charge in [-0.2, -0.15) is 8.42 Å². The van der Waals surface area contributed by atoms with Crippen LogP contribution >= 0.6 is 0 Å². The molecule has 1 aliphatic rings. The van der Waals surface area contributed by atoms with Gasteiger partial charge in [0.25, 0.3) is 10.1 Å². The van der Waals surface area contributed by atoms with Crippen molar-refractivity contribution in [2.75, 3.05) is 12.9 Å². The van der Waals surface area contributed by atoms with Crippen molar-refractivity contribution in [3.05, 3.63) is 0 Å². The molecule has 1 N–H and O–H groups in total. The fourth-order valence-electron chi connectivity index (χ4n) is 0.786. The summed E-state index contributed by atoms with van der Waals surface area (Å²) < 4.78 is 29.7. The molecule has 0 aliphatic carbocycles. The van der Waals surface area contributed by atoms with E-state index in [1.54, 1.807) is 0 Å². The standard InChI is InChI=1S/C5H8O6S/c1-12(8,9)11-4-3(6)2-10-5(4)7/h3-4,6H,2H2,1H3. The van der Waals surface area contributed by atoms with Crippen molar-refractivity contribution < 1.29 is 27.2 Å². The molecule has 12 heavy (non-hydrogen) atoms. The molecule has 0 aromatic carbocycles. The van der Waals surface area contributed by atoms with Crippen LogP contribution in [-0.4, -0.2) is 44.6 Å². The Balaban J connectivity index is 2.69. The summed E-state index contributed by atoms with van der Waals surface area (Å²) in [4.78, 5) is 10.7. The van der Waals surface area contributed by atoms with Gasteiger partial charge in [0.1, 0.15) is 12.7 Å². The topological polar surface area (TPSA) is 89.9 Å². The first-order valence-corrected chi connectivity index (χ1v) is 4.95. The number of rotatable bonds is 2. The predicted molar refractivity (Wildman–Crippen MR) is 36.7 cm³/mol. The van der Waals surface area contributed by atoms with Crippen molar-refractivity contribution in [2.45, 2.75) is 12.2 Å². The lowest BCUT2D eigenvalue weighted by Gasteiger charge is -2.07. The molecule has 1 saturated heterocycles. The average molecular weight is 196 g/mol. The second-order valence-corrected chi connectivity index (χ2v) is 4.02. The molecule has 2 atom stereocenters. The first kappa shape index (κ1) is 9.43. The number of aliphatic hydroxyl groups excluding tert-OH is 1. The molecular weight excluding hydrogens is 188 g/mol. The lowest BCUT2D eigenvalue weighted by atomic mass is 10.3. The summed E-state index contributed by atoms with van der Waals surface area (Å²) >= 11 is 0. The molecule has 7 heteroatoms. The van der Waals surface area contributed by atoms with E-state index < -0.39 is 28.3 Å². The third-order valence-corrected chi connectivity index (χ3v) is 1.81. The Morgan fingerprint density at radius 2 is 2.25 bits per heavy atom. The first-order chi connectivity index (χ1) is 5.40. The van der Waals surface area contributed by atoms with Crippen molar-refractivity contribution in [2.24, 2.45) is 0 Å². The maximum Gasteiger partial charge on any atom is 0.339 e. The van der Waals surface area contributed by atoms with Crippen LogP contribution < -0.4 is 0 Å². The van der Waals surface area contributed by atoms with E-state index >= 15 is 0 Å². The molecule has 0 saturated carbocycles. The van der Waals surface area contributed by atoms with Gasteiger partial charge in [0.05, 0.1) is 6.26 Å². The van der Waals surface area contributed by atoms with Gasteiger partial charge in [0, 0.05) is 0 Å². The molecule has 1 rings (SSSR count). The summed E-state index contributed by atoms with van der Waals surface area (Å²) in [6.45, 7) is -0.223. The molecule has 0 spiro atoms. The molecule has 0 bridgehead atoms. The number of esters is 1. The van der Waals surface area contributed by atoms with Gasteiger partial charge >= 0.3 is 5.97 Å². The van der Waals surface area contributed by atoms with Gasteiger partial charge in [-0.15, -0.1) is 0 Å². The van der Waals surface area contributed by atoms with Crippen molar-refractivity contribution in [1.82, 2.24) is 0 Å². The second kappa shape index (κ2) is 3.00. The third-order valence-electron chi connectivity index (χ3n) is 1.26. The van der Waals surface area contributed by atoms with Crippen LogP contribution in [-0.2, 0) is 23.8 Å². The van der Waals surface area contributed by atoms with Crippen LogP contribution in [0.4, 0.5) is 0 Å². The van der Waals surface area contributed by atoms with Gasteiger partial charge in [-0.05, 0) is 0 Å². The molecule has 6 nitrogen and oxygen atoms in total. The normalized spacial score (nSPS) is 30.3. The van der Waals surface area contributed by atoms with Gasteiger partial charge in [-0.3, -0.25) is 4.18 Å². The minimum atomic E-state index is -3.73. The average Bonchev–Trinajstić information content (AvgIpc) is 2.16. The number of carbonyl (C=O) groups excluding carboxylic acids is 1. The zero-order valence-corrected chi connectivity index (χ0v) is 7.08. The number of cyclic esters (lactones) is 1. The number of ether oxygens (including phenoxy) is 1. The zero-order valence-electron chi connectivity index (χ0n) is 6.26. The minimum Gasteiger partial charge on any atom is -0.461 e. The summed E-state index contributed by atoms with van der Waals surface area (Å²) in [5, 5.41) is 8.99. The number of carbonyl (C=O) groups is 1. The summed E-state index contributed by atoms with van der Waals surface area (Å²) in [7, 11) is -3.73. The highest BCUT2D eigenvalue weighted by molar-refractivity contribution is 7.86. The van der Waals surface area contributed by atoms with Gasteiger partial charge in [0.15, 0.2) is 0 Å². The summed E-state index contributed by atoms with van der Waals surface area (Å²) in [6, 6.07) is 0. The quantitative estimate of drug-likeness (QED) is 0.416. The molecule has 1 fully saturated rings. The summed E-state index contributed by atoms with van der Waals surface area (Å²) in [5.74, 6) is -0.854. The molecule has 0 radical (unpaired) electrons. The van der Waals surface area contributed by atoms with Gasteiger partial charge in [-0.1, -0.05) is 0 Å². The van der Waals surface area contributed by atoms with E-state index in [0.29, 0.717) is 0 Å². The highest BCUT2D eigenvalue weighted by Crippen LogP contribution is 2.13. The summed E-state index contributed by atoms with van der Waals surface area (Å²) in [5.41, 5.74) is 0. The highest BCUT2D eigenvalue weighted by atomic mass is 32.2. The van der Waals surface area contributed by atoms with E-state index in [4.69, 9.17) is 5.11 Å². The zero-order chi connectivity index (χ0) is 9.35. The Bertz CT molecular complexity index is 280. The first-order valence-electron chi connectivity index (χ1n) is 3.13. The minimum absolute atomic E-state index is 0.223. The SMILES string of the molecule is CS(=O)(=O)OC1C(=O)OCC1O. The van der Waals surface area contributed by atoms with Gasteiger partial charge in [0.2, 0.25) is 6.10 Å². The van der Waals surface area contributed by atoms with Crippen LogP contribution in [0.3, 0.4) is 0 Å². The predicted octanol–water partition coefficient (Wildman–Crippen LogP) is -1.75.